The molecule has 0 bridgehead atoms. The first-order valence-corrected chi connectivity index (χ1v) is 7.34. The summed E-state index contributed by atoms with van der Waals surface area (Å²) >= 11 is 1.39. The van der Waals surface area contributed by atoms with E-state index in [1.807, 2.05) is 18.4 Å². The second-order valence-electron chi connectivity index (χ2n) is 4.86. The number of hydrogen-bond acceptors (Lipinski definition) is 5. The van der Waals surface area contributed by atoms with Crippen molar-refractivity contribution in [2.45, 2.75) is 44.5 Å². The quantitative estimate of drug-likeness (QED) is 0.762. The molecule has 0 saturated carbocycles. The molecule has 1 amide bonds. The molecule has 0 aliphatic rings. The number of carbonyl (C=O) groups excluding carboxylic acids is 1. The van der Waals surface area contributed by atoms with Gasteiger partial charge in [-0.1, -0.05) is 11.8 Å². The van der Waals surface area contributed by atoms with Crippen molar-refractivity contribution in [3.8, 4) is 0 Å². The maximum atomic E-state index is 11.9. The van der Waals surface area contributed by atoms with Crippen LogP contribution in [0.4, 0.5) is 0 Å². The average Bonchev–Trinajstić information content (AvgIpc) is 2.81. The fourth-order valence-electron chi connectivity index (χ4n) is 1.43. The van der Waals surface area contributed by atoms with Gasteiger partial charge in [-0.05, 0) is 27.2 Å². The third kappa shape index (κ3) is 5.20. The third-order valence-electron chi connectivity index (χ3n) is 2.73. The van der Waals surface area contributed by atoms with Gasteiger partial charge in [0, 0.05) is 19.6 Å². The molecule has 1 aromatic rings. The summed E-state index contributed by atoms with van der Waals surface area (Å²) < 4.78 is 1.94. The standard InChI is InChI=1S/C12H22N4O2S/c1-9(2)16-8-13-14-12(16)19-7-11(18)15(4)6-5-10(3)17/h8-10,17H,5-7H2,1-4H3. The Labute approximate surface area is 118 Å². The summed E-state index contributed by atoms with van der Waals surface area (Å²) in [6, 6.07) is 0.278. The topological polar surface area (TPSA) is 71.2 Å². The van der Waals surface area contributed by atoms with Crippen LogP contribution in [0.5, 0.6) is 0 Å². The van der Waals surface area contributed by atoms with Crippen LogP contribution in [0.3, 0.4) is 0 Å². The fraction of sp³-hybridized carbons (Fsp3) is 0.750. The van der Waals surface area contributed by atoms with Crippen molar-refractivity contribution in [1.29, 1.82) is 0 Å². The van der Waals surface area contributed by atoms with Crippen LogP contribution in [0.2, 0.25) is 0 Å². The van der Waals surface area contributed by atoms with E-state index in [1.54, 1.807) is 25.2 Å². The SMILES string of the molecule is CC(O)CCN(C)C(=O)CSc1nncn1C(C)C. The minimum Gasteiger partial charge on any atom is -0.393 e. The Balaban J connectivity index is 2.43. The number of hydrogen-bond donors (Lipinski definition) is 1. The number of carbonyl (C=O) groups is 1. The summed E-state index contributed by atoms with van der Waals surface area (Å²) in [4.78, 5) is 13.5. The van der Waals surface area contributed by atoms with Gasteiger partial charge in [-0.3, -0.25) is 4.79 Å². The van der Waals surface area contributed by atoms with E-state index < -0.39 is 0 Å². The molecule has 0 aliphatic carbocycles. The van der Waals surface area contributed by atoms with E-state index in [9.17, 15) is 9.90 Å². The van der Waals surface area contributed by atoms with E-state index in [0.717, 1.165) is 5.16 Å². The van der Waals surface area contributed by atoms with Gasteiger partial charge in [0.25, 0.3) is 0 Å². The van der Waals surface area contributed by atoms with Crippen molar-refractivity contribution in [1.82, 2.24) is 19.7 Å². The zero-order chi connectivity index (χ0) is 14.4. The lowest BCUT2D eigenvalue weighted by Gasteiger charge is -2.17. The van der Waals surface area contributed by atoms with E-state index in [2.05, 4.69) is 10.2 Å². The number of aliphatic hydroxyl groups is 1. The number of amides is 1. The van der Waals surface area contributed by atoms with Gasteiger partial charge >= 0.3 is 0 Å². The summed E-state index contributed by atoms with van der Waals surface area (Å²) in [5.74, 6) is 0.366. The van der Waals surface area contributed by atoms with Gasteiger partial charge in [-0.2, -0.15) is 0 Å². The number of nitrogens with zero attached hydrogens (tertiary/aromatic N) is 4. The first-order chi connectivity index (χ1) is 8.91. The van der Waals surface area contributed by atoms with Gasteiger partial charge < -0.3 is 14.6 Å². The van der Waals surface area contributed by atoms with Gasteiger partial charge in [0.2, 0.25) is 5.91 Å². The lowest BCUT2D eigenvalue weighted by Crippen LogP contribution is -2.30. The molecule has 0 aromatic carbocycles. The summed E-state index contributed by atoms with van der Waals surface area (Å²) in [6.45, 7) is 6.38. The largest absolute Gasteiger partial charge is 0.393 e. The van der Waals surface area contributed by atoms with E-state index in [4.69, 9.17) is 0 Å². The highest BCUT2D eigenvalue weighted by Crippen LogP contribution is 2.18. The average molecular weight is 286 g/mol. The second-order valence-corrected chi connectivity index (χ2v) is 5.80. The molecule has 19 heavy (non-hydrogen) atoms. The molecule has 6 nitrogen and oxygen atoms in total. The van der Waals surface area contributed by atoms with Crippen LogP contribution >= 0.6 is 11.8 Å². The van der Waals surface area contributed by atoms with Crippen molar-refractivity contribution < 1.29 is 9.90 Å². The molecule has 1 aromatic heterocycles. The van der Waals surface area contributed by atoms with Crippen molar-refractivity contribution in [3.63, 3.8) is 0 Å². The van der Waals surface area contributed by atoms with Crippen molar-refractivity contribution in [2.24, 2.45) is 0 Å². The van der Waals surface area contributed by atoms with Crippen molar-refractivity contribution in [2.75, 3.05) is 19.3 Å². The highest BCUT2D eigenvalue weighted by atomic mass is 32.2. The molecule has 0 saturated heterocycles. The van der Waals surface area contributed by atoms with Crippen LogP contribution in [-0.4, -0.2) is 56.1 Å². The highest BCUT2D eigenvalue weighted by molar-refractivity contribution is 7.99. The first kappa shape index (κ1) is 16.0. The lowest BCUT2D eigenvalue weighted by atomic mass is 10.3. The molecule has 1 unspecified atom stereocenters. The zero-order valence-electron chi connectivity index (χ0n) is 11.9. The smallest absolute Gasteiger partial charge is 0.232 e. The predicted molar refractivity (Wildman–Crippen MR) is 75.1 cm³/mol. The van der Waals surface area contributed by atoms with E-state index in [-0.39, 0.29) is 18.1 Å². The maximum absolute atomic E-state index is 11.9. The molecule has 1 atom stereocenters. The Morgan fingerprint density at radius 2 is 2.21 bits per heavy atom. The minimum absolute atomic E-state index is 0.0314. The first-order valence-electron chi connectivity index (χ1n) is 6.36. The monoisotopic (exact) mass is 286 g/mol. The molecular formula is C12H22N4O2S. The van der Waals surface area contributed by atoms with Crippen molar-refractivity contribution >= 4 is 17.7 Å². The zero-order valence-corrected chi connectivity index (χ0v) is 12.7. The van der Waals surface area contributed by atoms with E-state index in [0.29, 0.717) is 18.7 Å². The number of aromatic nitrogens is 3. The van der Waals surface area contributed by atoms with Crippen LogP contribution in [0.25, 0.3) is 0 Å². The third-order valence-corrected chi connectivity index (χ3v) is 3.67. The molecule has 0 aliphatic heterocycles. The molecule has 0 spiro atoms. The Hall–Kier alpha value is -1.08. The Bertz CT molecular complexity index is 406. The fourth-order valence-corrected chi connectivity index (χ4v) is 2.42. The Morgan fingerprint density at radius 3 is 2.79 bits per heavy atom. The van der Waals surface area contributed by atoms with Gasteiger partial charge in [-0.25, -0.2) is 0 Å². The normalized spacial score (nSPS) is 12.7. The Morgan fingerprint density at radius 1 is 1.53 bits per heavy atom. The van der Waals surface area contributed by atoms with Crippen LogP contribution in [0.15, 0.2) is 11.5 Å². The number of aliphatic hydroxyl groups excluding tert-OH is 1. The van der Waals surface area contributed by atoms with Crippen LogP contribution in [-0.2, 0) is 4.79 Å². The lowest BCUT2D eigenvalue weighted by molar-refractivity contribution is -0.127. The summed E-state index contributed by atoms with van der Waals surface area (Å²) in [7, 11) is 1.75. The number of rotatable bonds is 7. The number of thioether (sulfide) groups is 1. The van der Waals surface area contributed by atoms with Gasteiger partial charge in [0.05, 0.1) is 11.9 Å². The van der Waals surface area contributed by atoms with Gasteiger partial charge in [-0.15, -0.1) is 10.2 Å². The molecule has 0 radical (unpaired) electrons. The predicted octanol–water partition coefficient (Wildman–Crippen LogP) is 1.18. The molecule has 1 N–H and O–H groups in total. The maximum Gasteiger partial charge on any atom is 0.232 e. The minimum atomic E-state index is -0.382. The summed E-state index contributed by atoms with van der Waals surface area (Å²) in [5.41, 5.74) is 0. The molecule has 7 heteroatoms. The van der Waals surface area contributed by atoms with Crippen LogP contribution < -0.4 is 0 Å². The van der Waals surface area contributed by atoms with E-state index >= 15 is 0 Å². The van der Waals surface area contributed by atoms with Crippen molar-refractivity contribution in [3.05, 3.63) is 6.33 Å². The van der Waals surface area contributed by atoms with Crippen LogP contribution in [0.1, 0.15) is 33.2 Å². The summed E-state index contributed by atoms with van der Waals surface area (Å²) in [6.07, 6.45) is 1.89. The Kier molecular flexibility index (Phi) is 6.30. The van der Waals surface area contributed by atoms with Gasteiger partial charge in [0.1, 0.15) is 6.33 Å². The summed E-state index contributed by atoms with van der Waals surface area (Å²) in [5, 5.41) is 17.8. The molecule has 0 fully saturated rings. The molecule has 1 rings (SSSR count). The molecule has 108 valence electrons. The molecule has 1 heterocycles. The van der Waals surface area contributed by atoms with Crippen LogP contribution in [0, 0.1) is 0 Å². The second kappa shape index (κ2) is 7.49. The molecular weight excluding hydrogens is 264 g/mol. The van der Waals surface area contributed by atoms with Gasteiger partial charge in [0.15, 0.2) is 5.16 Å². The van der Waals surface area contributed by atoms with E-state index in [1.165, 1.54) is 11.8 Å². The highest BCUT2D eigenvalue weighted by Gasteiger charge is 2.13.